The Balaban J connectivity index is 1.54. The van der Waals surface area contributed by atoms with E-state index in [9.17, 15) is 37.4 Å². The first-order valence-electron chi connectivity index (χ1n) is 11.9. The van der Waals surface area contributed by atoms with Gasteiger partial charge in [-0.3, -0.25) is 24.5 Å². The van der Waals surface area contributed by atoms with E-state index in [2.05, 4.69) is 0 Å². The predicted octanol–water partition coefficient (Wildman–Crippen LogP) is 6.01. The fourth-order valence-electron chi connectivity index (χ4n) is 4.32. The van der Waals surface area contributed by atoms with Crippen molar-refractivity contribution in [3.05, 3.63) is 121 Å². The van der Waals surface area contributed by atoms with E-state index in [4.69, 9.17) is 9.15 Å². The number of rotatable bonds is 8. The van der Waals surface area contributed by atoms with Crippen molar-refractivity contribution in [1.29, 1.82) is 0 Å². The summed E-state index contributed by atoms with van der Waals surface area (Å²) < 4.78 is 66.1. The monoisotopic (exact) mass is 583 g/mol. The standard InChI is InChI=1S/C27H19F2N3O8S/c1-16-2-7-22(8-3-16)41(37,38)30-14-17(27-24(30)12-19(31(33)34)13-25(27)32(35)36)10-20-5-6-21(40-20)15-39-26-9-4-18(28)11-23(26)29/h2-13H,14-15H2,1H3/b17-10+. The van der Waals surface area contributed by atoms with E-state index >= 15 is 0 Å². The number of ether oxygens (including phenoxy) is 1. The molecule has 4 aromatic rings. The molecule has 0 fully saturated rings. The van der Waals surface area contributed by atoms with Gasteiger partial charge in [-0.1, -0.05) is 17.7 Å². The Morgan fingerprint density at radius 2 is 1.73 bits per heavy atom. The van der Waals surface area contributed by atoms with Gasteiger partial charge >= 0.3 is 0 Å². The molecule has 0 bridgehead atoms. The largest absolute Gasteiger partial charge is 0.483 e. The molecule has 2 heterocycles. The number of nitro groups is 2. The van der Waals surface area contributed by atoms with Crippen LogP contribution in [0.4, 0.5) is 25.8 Å². The van der Waals surface area contributed by atoms with Gasteiger partial charge in [0.25, 0.3) is 21.4 Å². The predicted molar refractivity (Wildman–Crippen MR) is 143 cm³/mol. The van der Waals surface area contributed by atoms with Crippen molar-refractivity contribution in [2.75, 3.05) is 10.8 Å². The Bertz CT molecular complexity index is 1840. The first kappa shape index (κ1) is 27.5. The second-order valence-electron chi connectivity index (χ2n) is 9.04. The number of fused-ring (bicyclic) bond motifs is 1. The van der Waals surface area contributed by atoms with Crippen molar-refractivity contribution in [3.63, 3.8) is 0 Å². The number of aryl methyl sites for hydroxylation is 1. The first-order valence-corrected chi connectivity index (χ1v) is 13.3. The van der Waals surface area contributed by atoms with Gasteiger partial charge < -0.3 is 9.15 Å². The van der Waals surface area contributed by atoms with Gasteiger partial charge in [0.1, 0.15) is 23.9 Å². The molecule has 0 N–H and O–H groups in total. The van der Waals surface area contributed by atoms with E-state index in [1.165, 1.54) is 30.3 Å². The average Bonchev–Trinajstić information content (AvgIpc) is 3.52. The Hall–Kier alpha value is -5.11. The molecule has 0 amide bonds. The molecule has 1 aromatic heterocycles. The zero-order valence-electron chi connectivity index (χ0n) is 21.1. The van der Waals surface area contributed by atoms with Gasteiger partial charge in [0.05, 0.1) is 38.6 Å². The van der Waals surface area contributed by atoms with Crippen molar-refractivity contribution in [3.8, 4) is 5.75 Å². The molecule has 0 spiro atoms. The third-order valence-electron chi connectivity index (χ3n) is 6.26. The molecule has 5 rings (SSSR count). The molecular formula is C27H19F2N3O8S. The SMILES string of the molecule is Cc1ccc(S(=O)(=O)N2C/C(=C\c3ccc(COc4ccc(F)cc4F)o3)c3c2cc([N+](=O)[O-])cc3[N+](=O)[O-])cc1. The summed E-state index contributed by atoms with van der Waals surface area (Å²) in [5, 5.41) is 23.5. The smallest absolute Gasteiger partial charge is 0.285 e. The third kappa shape index (κ3) is 5.36. The van der Waals surface area contributed by atoms with Gasteiger partial charge in [-0.25, -0.2) is 17.2 Å². The number of benzene rings is 3. The van der Waals surface area contributed by atoms with Crippen LogP contribution in [-0.4, -0.2) is 24.8 Å². The first-order chi connectivity index (χ1) is 19.4. The summed E-state index contributed by atoms with van der Waals surface area (Å²) in [6.45, 7) is 1.16. The van der Waals surface area contributed by atoms with E-state index in [0.29, 0.717) is 6.07 Å². The molecule has 14 heteroatoms. The van der Waals surface area contributed by atoms with Crippen molar-refractivity contribution in [2.45, 2.75) is 18.4 Å². The van der Waals surface area contributed by atoms with Crippen LogP contribution in [0.2, 0.25) is 0 Å². The minimum atomic E-state index is -4.29. The Morgan fingerprint density at radius 1 is 1.00 bits per heavy atom. The fourth-order valence-corrected chi connectivity index (χ4v) is 5.77. The summed E-state index contributed by atoms with van der Waals surface area (Å²) in [5.41, 5.74) is -0.671. The quantitative estimate of drug-likeness (QED) is 0.181. The highest BCUT2D eigenvalue weighted by Gasteiger charge is 2.40. The Morgan fingerprint density at radius 3 is 2.39 bits per heavy atom. The van der Waals surface area contributed by atoms with Crippen LogP contribution in [0.1, 0.15) is 22.6 Å². The lowest BCUT2D eigenvalue weighted by Crippen LogP contribution is -2.29. The van der Waals surface area contributed by atoms with Crippen LogP contribution >= 0.6 is 0 Å². The Labute approximate surface area is 231 Å². The zero-order valence-corrected chi connectivity index (χ0v) is 21.9. The molecule has 0 aliphatic carbocycles. The maximum Gasteiger partial charge on any atom is 0.285 e. The van der Waals surface area contributed by atoms with Gasteiger partial charge in [-0.2, -0.15) is 0 Å². The molecule has 3 aromatic carbocycles. The molecule has 1 aliphatic heterocycles. The summed E-state index contributed by atoms with van der Waals surface area (Å²) in [6, 6.07) is 13.5. The fraction of sp³-hybridized carbons (Fsp3) is 0.111. The van der Waals surface area contributed by atoms with Crippen molar-refractivity contribution < 1.29 is 36.2 Å². The Kier molecular flexibility index (Phi) is 7.01. The number of halogens is 2. The number of nitrogens with zero attached hydrogens (tertiary/aromatic N) is 3. The number of non-ortho nitro benzene ring substituents is 1. The molecule has 41 heavy (non-hydrogen) atoms. The van der Waals surface area contributed by atoms with Gasteiger partial charge in [0, 0.05) is 12.1 Å². The highest BCUT2D eigenvalue weighted by atomic mass is 32.2. The minimum Gasteiger partial charge on any atom is -0.483 e. The normalized spacial score (nSPS) is 13.8. The lowest BCUT2D eigenvalue weighted by Gasteiger charge is -2.19. The van der Waals surface area contributed by atoms with Gasteiger partial charge in [0.15, 0.2) is 11.6 Å². The maximum absolute atomic E-state index is 13.9. The highest BCUT2D eigenvalue weighted by Crippen LogP contribution is 2.47. The molecule has 0 saturated heterocycles. The lowest BCUT2D eigenvalue weighted by molar-refractivity contribution is -0.394. The van der Waals surface area contributed by atoms with E-state index in [1.807, 2.05) is 0 Å². The van der Waals surface area contributed by atoms with E-state index in [0.717, 1.165) is 34.1 Å². The van der Waals surface area contributed by atoms with Crippen LogP contribution in [0.25, 0.3) is 11.6 Å². The summed E-state index contributed by atoms with van der Waals surface area (Å²) in [7, 11) is -4.29. The minimum absolute atomic E-state index is 0.102. The van der Waals surface area contributed by atoms with Gasteiger partial charge in [0.2, 0.25) is 0 Å². The molecule has 1 aliphatic rings. The van der Waals surface area contributed by atoms with Gasteiger partial charge in [-0.05, 0) is 55.0 Å². The lowest BCUT2D eigenvalue weighted by atomic mass is 10.0. The van der Waals surface area contributed by atoms with Crippen LogP contribution in [0.3, 0.4) is 0 Å². The van der Waals surface area contributed by atoms with E-state index in [-0.39, 0.29) is 52.1 Å². The van der Waals surface area contributed by atoms with Crippen LogP contribution in [0.5, 0.6) is 5.75 Å². The van der Waals surface area contributed by atoms with Crippen LogP contribution in [-0.2, 0) is 16.6 Å². The zero-order chi connectivity index (χ0) is 29.5. The molecular weight excluding hydrogens is 564 g/mol. The van der Waals surface area contributed by atoms with Crippen LogP contribution < -0.4 is 9.04 Å². The summed E-state index contributed by atoms with van der Waals surface area (Å²) in [4.78, 5) is 21.8. The number of nitro benzene ring substituents is 2. The van der Waals surface area contributed by atoms with E-state index in [1.54, 1.807) is 19.1 Å². The number of anilines is 1. The maximum atomic E-state index is 13.9. The second-order valence-corrected chi connectivity index (χ2v) is 10.9. The summed E-state index contributed by atoms with van der Waals surface area (Å²) >= 11 is 0. The van der Waals surface area contributed by atoms with Crippen molar-refractivity contribution in [1.82, 2.24) is 0 Å². The van der Waals surface area contributed by atoms with E-state index < -0.39 is 42.9 Å². The van der Waals surface area contributed by atoms with Crippen molar-refractivity contribution >= 4 is 38.7 Å². The van der Waals surface area contributed by atoms with Crippen molar-refractivity contribution in [2.24, 2.45) is 0 Å². The number of hydrogen-bond acceptors (Lipinski definition) is 8. The third-order valence-corrected chi connectivity index (χ3v) is 8.04. The molecule has 210 valence electrons. The van der Waals surface area contributed by atoms with Gasteiger partial charge in [-0.15, -0.1) is 0 Å². The molecule has 0 saturated carbocycles. The topological polar surface area (TPSA) is 146 Å². The molecule has 0 radical (unpaired) electrons. The number of sulfonamides is 1. The van der Waals surface area contributed by atoms with Crippen LogP contribution in [0, 0.1) is 38.8 Å². The summed E-state index contributed by atoms with van der Waals surface area (Å²) in [6.07, 6.45) is 1.38. The number of furan rings is 1. The molecule has 11 nitrogen and oxygen atoms in total. The number of hydrogen-bond donors (Lipinski definition) is 0. The highest BCUT2D eigenvalue weighted by molar-refractivity contribution is 7.92. The summed E-state index contributed by atoms with van der Waals surface area (Å²) in [5.74, 6) is -1.50. The average molecular weight is 584 g/mol. The second kappa shape index (κ2) is 10.5. The molecule has 0 atom stereocenters. The van der Waals surface area contributed by atoms with Crippen LogP contribution in [0.15, 0.2) is 76.0 Å². The molecule has 0 unspecified atom stereocenters.